The zero-order valence-electron chi connectivity index (χ0n) is 15.9. The van der Waals surface area contributed by atoms with Crippen molar-refractivity contribution in [1.29, 1.82) is 0 Å². The summed E-state index contributed by atoms with van der Waals surface area (Å²) in [6.45, 7) is 3.15. The fourth-order valence-electron chi connectivity index (χ4n) is 3.71. The van der Waals surface area contributed by atoms with Crippen molar-refractivity contribution in [3.05, 3.63) is 18.5 Å². The first-order chi connectivity index (χ1) is 13.2. The maximum Gasteiger partial charge on any atom is 0.315 e. The number of urea groups is 1. The highest BCUT2D eigenvalue weighted by Crippen LogP contribution is 2.17. The van der Waals surface area contributed by atoms with Gasteiger partial charge in [0.15, 0.2) is 0 Å². The van der Waals surface area contributed by atoms with Gasteiger partial charge in [0.2, 0.25) is 11.9 Å². The molecule has 1 saturated carbocycles. The van der Waals surface area contributed by atoms with Crippen molar-refractivity contribution >= 4 is 17.9 Å². The highest BCUT2D eigenvalue weighted by atomic mass is 16.2. The van der Waals surface area contributed by atoms with Crippen molar-refractivity contribution in [2.24, 2.45) is 0 Å². The van der Waals surface area contributed by atoms with Crippen molar-refractivity contribution in [3.8, 4) is 0 Å². The Kier molecular flexibility index (Phi) is 7.24. The molecule has 8 heteroatoms. The molecule has 0 spiro atoms. The molecule has 0 unspecified atom stereocenters. The number of piperazine rings is 1. The Balaban J connectivity index is 1.32. The summed E-state index contributed by atoms with van der Waals surface area (Å²) in [6.07, 6.45) is 10.8. The molecule has 0 aromatic carbocycles. The quantitative estimate of drug-likeness (QED) is 0.763. The fourth-order valence-corrected chi connectivity index (χ4v) is 3.71. The molecule has 1 aromatic rings. The van der Waals surface area contributed by atoms with Gasteiger partial charge in [0.05, 0.1) is 0 Å². The summed E-state index contributed by atoms with van der Waals surface area (Å²) in [5.41, 5.74) is 0. The minimum absolute atomic E-state index is 0.0818. The molecule has 2 heterocycles. The van der Waals surface area contributed by atoms with E-state index < -0.39 is 0 Å². The summed E-state index contributed by atoms with van der Waals surface area (Å²) >= 11 is 0. The van der Waals surface area contributed by atoms with Crippen molar-refractivity contribution in [2.75, 3.05) is 37.6 Å². The molecule has 1 aromatic heterocycles. The minimum Gasteiger partial charge on any atom is -0.339 e. The summed E-state index contributed by atoms with van der Waals surface area (Å²) in [4.78, 5) is 36.8. The van der Waals surface area contributed by atoms with Crippen LogP contribution >= 0.6 is 0 Å². The average Bonchev–Trinajstić information content (AvgIpc) is 2.97. The monoisotopic (exact) mass is 374 g/mol. The van der Waals surface area contributed by atoms with Gasteiger partial charge in [0, 0.05) is 57.6 Å². The number of carbonyl (C=O) groups is 2. The van der Waals surface area contributed by atoms with Crippen LogP contribution in [-0.2, 0) is 4.79 Å². The number of anilines is 1. The number of hydrogen-bond acceptors (Lipinski definition) is 5. The van der Waals surface area contributed by atoms with Crippen LogP contribution in [0, 0.1) is 0 Å². The lowest BCUT2D eigenvalue weighted by molar-refractivity contribution is -0.131. The third kappa shape index (κ3) is 6.08. The van der Waals surface area contributed by atoms with Crippen molar-refractivity contribution in [2.45, 2.75) is 51.0 Å². The molecule has 1 aliphatic carbocycles. The van der Waals surface area contributed by atoms with Crippen LogP contribution in [0.1, 0.15) is 44.9 Å². The molecule has 2 aliphatic rings. The molecule has 1 aliphatic heterocycles. The van der Waals surface area contributed by atoms with Gasteiger partial charge in [-0.1, -0.05) is 25.7 Å². The van der Waals surface area contributed by atoms with Gasteiger partial charge in [-0.15, -0.1) is 0 Å². The smallest absolute Gasteiger partial charge is 0.315 e. The number of hydrogen-bond donors (Lipinski definition) is 2. The van der Waals surface area contributed by atoms with E-state index in [4.69, 9.17) is 0 Å². The number of nitrogens with one attached hydrogen (secondary N) is 2. The molecule has 2 N–H and O–H groups in total. The SMILES string of the molecule is O=C(NCCC(=O)N1CCN(c2ncccn2)CC1)NC1CCCCCC1. The molecular weight excluding hydrogens is 344 g/mol. The Bertz CT molecular complexity index is 595. The predicted molar refractivity (Wildman–Crippen MR) is 103 cm³/mol. The van der Waals surface area contributed by atoms with Crippen LogP contribution in [-0.4, -0.2) is 65.6 Å². The molecule has 0 atom stereocenters. The first-order valence-corrected chi connectivity index (χ1v) is 10.1. The molecule has 8 nitrogen and oxygen atoms in total. The number of amides is 3. The fraction of sp³-hybridized carbons (Fsp3) is 0.684. The summed E-state index contributed by atoms with van der Waals surface area (Å²) in [5.74, 6) is 0.792. The Morgan fingerprint density at radius 1 is 1.00 bits per heavy atom. The Morgan fingerprint density at radius 3 is 2.33 bits per heavy atom. The molecule has 3 rings (SSSR count). The van der Waals surface area contributed by atoms with Crippen molar-refractivity contribution < 1.29 is 9.59 Å². The van der Waals surface area contributed by atoms with Gasteiger partial charge in [-0.05, 0) is 18.9 Å². The second-order valence-corrected chi connectivity index (χ2v) is 7.26. The predicted octanol–water partition coefficient (Wildman–Crippen LogP) is 1.54. The Hall–Kier alpha value is -2.38. The van der Waals surface area contributed by atoms with E-state index in [1.807, 2.05) is 4.90 Å². The second kappa shape index (κ2) is 10.1. The van der Waals surface area contributed by atoms with E-state index in [1.54, 1.807) is 18.5 Å². The molecule has 148 valence electrons. The number of rotatable bonds is 5. The van der Waals surface area contributed by atoms with Crippen LogP contribution < -0.4 is 15.5 Å². The molecule has 27 heavy (non-hydrogen) atoms. The third-order valence-electron chi connectivity index (χ3n) is 5.28. The van der Waals surface area contributed by atoms with E-state index in [2.05, 4.69) is 25.5 Å². The lowest BCUT2D eigenvalue weighted by Gasteiger charge is -2.34. The number of aromatic nitrogens is 2. The molecule has 2 fully saturated rings. The first kappa shape index (κ1) is 19.4. The Labute approximate surface area is 160 Å². The van der Waals surface area contributed by atoms with Crippen LogP contribution in [0.5, 0.6) is 0 Å². The van der Waals surface area contributed by atoms with E-state index in [-0.39, 0.29) is 18.0 Å². The van der Waals surface area contributed by atoms with Crippen LogP contribution in [0.25, 0.3) is 0 Å². The summed E-state index contributed by atoms with van der Waals surface area (Å²) in [7, 11) is 0. The van der Waals surface area contributed by atoms with Crippen LogP contribution in [0.3, 0.4) is 0 Å². The third-order valence-corrected chi connectivity index (χ3v) is 5.28. The van der Waals surface area contributed by atoms with E-state index >= 15 is 0 Å². The van der Waals surface area contributed by atoms with Gasteiger partial charge >= 0.3 is 6.03 Å². The van der Waals surface area contributed by atoms with Crippen LogP contribution in [0.2, 0.25) is 0 Å². The van der Waals surface area contributed by atoms with Crippen LogP contribution in [0.15, 0.2) is 18.5 Å². The van der Waals surface area contributed by atoms with Crippen molar-refractivity contribution in [3.63, 3.8) is 0 Å². The standard InChI is InChI=1S/C19H30N6O2/c26-17(8-11-22-19(27)23-16-6-3-1-2-4-7-16)24-12-14-25(15-13-24)18-20-9-5-10-21-18/h5,9-10,16H,1-4,6-8,11-15H2,(H2,22,23,27). The number of nitrogens with zero attached hydrogens (tertiary/aromatic N) is 4. The van der Waals surface area contributed by atoms with E-state index in [9.17, 15) is 9.59 Å². The maximum absolute atomic E-state index is 12.4. The van der Waals surface area contributed by atoms with Gasteiger partial charge in [0.25, 0.3) is 0 Å². The largest absolute Gasteiger partial charge is 0.339 e. The minimum atomic E-state index is -0.152. The van der Waals surface area contributed by atoms with Gasteiger partial charge in [0.1, 0.15) is 0 Å². The molecule has 1 saturated heterocycles. The van der Waals surface area contributed by atoms with E-state index in [1.165, 1.54) is 25.7 Å². The molecule has 0 bridgehead atoms. The molecular formula is C19H30N6O2. The zero-order valence-corrected chi connectivity index (χ0v) is 15.9. The second-order valence-electron chi connectivity index (χ2n) is 7.26. The summed E-state index contributed by atoms with van der Waals surface area (Å²) in [6, 6.07) is 1.92. The Morgan fingerprint density at radius 2 is 1.67 bits per heavy atom. The topological polar surface area (TPSA) is 90.5 Å². The van der Waals surface area contributed by atoms with Gasteiger partial charge in [-0.25, -0.2) is 14.8 Å². The van der Waals surface area contributed by atoms with Crippen molar-refractivity contribution in [1.82, 2.24) is 25.5 Å². The molecule has 0 radical (unpaired) electrons. The highest BCUT2D eigenvalue weighted by Gasteiger charge is 2.22. The molecule has 3 amide bonds. The maximum atomic E-state index is 12.4. The summed E-state index contributed by atoms with van der Waals surface area (Å²) in [5, 5.41) is 5.87. The van der Waals surface area contributed by atoms with E-state index in [0.717, 1.165) is 25.9 Å². The van der Waals surface area contributed by atoms with Crippen LogP contribution in [0.4, 0.5) is 10.7 Å². The van der Waals surface area contributed by atoms with Gasteiger partial charge in [-0.3, -0.25) is 4.79 Å². The lowest BCUT2D eigenvalue weighted by atomic mass is 10.1. The normalized spacial score (nSPS) is 18.7. The highest BCUT2D eigenvalue weighted by molar-refractivity contribution is 5.78. The average molecular weight is 374 g/mol. The number of carbonyl (C=O) groups excluding carboxylic acids is 2. The van der Waals surface area contributed by atoms with Gasteiger partial charge in [-0.2, -0.15) is 0 Å². The summed E-state index contributed by atoms with van der Waals surface area (Å²) < 4.78 is 0. The van der Waals surface area contributed by atoms with Gasteiger partial charge < -0.3 is 20.4 Å². The zero-order chi connectivity index (χ0) is 18.9. The van der Waals surface area contributed by atoms with E-state index in [0.29, 0.717) is 32.0 Å². The first-order valence-electron chi connectivity index (χ1n) is 10.1. The lowest BCUT2D eigenvalue weighted by Crippen LogP contribution is -2.50.